The number of carbonyl (C=O) groups is 1. The molecule has 1 N–H and O–H groups in total. The van der Waals surface area contributed by atoms with E-state index < -0.39 is 49.3 Å². The van der Waals surface area contributed by atoms with E-state index in [-0.39, 0.29) is 23.9 Å². The van der Waals surface area contributed by atoms with Crippen LogP contribution in [0, 0.1) is 17.5 Å². The molecular weight excluding hydrogens is 725 g/mol. The standard InChI is InChI=1S/C36H44ClF3N4O5S2/c1-35(2,23-10-15-28(37)31(18-23)49-8)32-21-41-34(43(32)25-13-11-24(38)12-14-25)50-22-27-29(39)19-26(20-30(27)40)51(47,48)42(36(3,4)33(45)46)16-9-17-44(5,6)7/h10-15,18-20,32H,9,16-17,21-22H2,1-8H3/p+1. The number of amidine groups is 1. The first-order valence-electron chi connectivity index (χ1n) is 16.2. The molecule has 0 amide bonds. The zero-order chi connectivity index (χ0) is 38.1. The Labute approximate surface area is 307 Å². The topological polar surface area (TPSA) is 99.5 Å². The number of aliphatic imine (C=N–C) groups is 1. The Morgan fingerprint density at radius 3 is 2.22 bits per heavy atom. The summed E-state index contributed by atoms with van der Waals surface area (Å²) in [5, 5.41) is 10.8. The number of sulfonamides is 1. The molecule has 15 heteroatoms. The molecule has 0 aromatic heterocycles. The van der Waals surface area contributed by atoms with Crippen molar-refractivity contribution in [3.8, 4) is 5.75 Å². The van der Waals surface area contributed by atoms with Crippen molar-refractivity contribution in [2.75, 3.05) is 52.8 Å². The summed E-state index contributed by atoms with van der Waals surface area (Å²) in [4.78, 5) is 18.1. The number of carboxylic acids is 1. The molecule has 0 spiro atoms. The number of hydrogen-bond acceptors (Lipinski definition) is 7. The predicted octanol–water partition coefficient (Wildman–Crippen LogP) is 7.17. The molecule has 0 aliphatic carbocycles. The molecule has 4 rings (SSSR count). The second-order valence-electron chi connectivity index (χ2n) is 14.5. The van der Waals surface area contributed by atoms with E-state index in [1.165, 1.54) is 33.1 Å². The van der Waals surface area contributed by atoms with Gasteiger partial charge in [0.2, 0.25) is 10.0 Å². The van der Waals surface area contributed by atoms with Crippen LogP contribution in [-0.4, -0.2) is 92.9 Å². The fourth-order valence-electron chi connectivity index (χ4n) is 5.89. The smallest absolute Gasteiger partial charge is 0.324 e. The summed E-state index contributed by atoms with van der Waals surface area (Å²) < 4.78 is 79.8. The Bertz CT molecular complexity index is 1880. The third kappa shape index (κ3) is 8.85. The number of nitrogens with zero attached hydrogens (tertiary/aromatic N) is 4. The summed E-state index contributed by atoms with van der Waals surface area (Å²) in [7, 11) is 2.62. The molecule has 0 radical (unpaired) electrons. The Morgan fingerprint density at radius 2 is 1.67 bits per heavy atom. The van der Waals surface area contributed by atoms with Gasteiger partial charge < -0.3 is 19.2 Å². The lowest BCUT2D eigenvalue weighted by Gasteiger charge is -2.39. The number of quaternary nitrogens is 1. The van der Waals surface area contributed by atoms with E-state index >= 15 is 8.78 Å². The molecule has 0 bridgehead atoms. The minimum atomic E-state index is -4.64. The highest BCUT2D eigenvalue weighted by Crippen LogP contribution is 2.41. The molecule has 0 saturated carbocycles. The number of benzene rings is 3. The molecule has 1 aliphatic rings. The first kappa shape index (κ1) is 40.5. The summed E-state index contributed by atoms with van der Waals surface area (Å²) in [6.07, 6.45) is 0.315. The van der Waals surface area contributed by atoms with E-state index in [2.05, 4.69) is 0 Å². The van der Waals surface area contributed by atoms with E-state index in [1.54, 1.807) is 18.2 Å². The van der Waals surface area contributed by atoms with E-state index in [1.807, 2.05) is 52.0 Å². The summed E-state index contributed by atoms with van der Waals surface area (Å²) >= 11 is 7.35. The number of rotatable bonds is 14. The summed E-state index contributed by atoms with van der Waals surface area (Å²) in [5.74, 6) is -3.77. The third-order valence-corrected chi connectivity index (χ3v) is 12.5. The average Bonchev–Trinajstić information content (AvgIpc) is 3.47. The molecule has 9 nitrogen and oxygen atoms in total. The Hall–Kier alpha value is -3.30. The fourth-order valence-corrected chi connectivity index (χ4v) is 8.98. The van der Waals surface area contributed by atoms with Gasteiger partial charge in [0.15, 0.2) is 5.17 Å². The molecule has 0 fully saturated rings. The van der Waals surface area contributed by atoms with E-state index in [0.717, 1.165) is 33.8 Å². The number of halogens is 4. The van der Waals surface area contributed by atoms with Gasteiger partial charge in [-0.2, -0.15) is 4.31 Å². The maximum atomic E-state index is 15.7. The second-order valence-corrected chi connectivity index (χ2v) is 17.7. The number of thioether (sulfide) groups is 1. The number of hydrogen-bond donors (Lipinski definition) is 1. The van der Waals surface area contributed by atoms with Crippen molar-refractivity contribution in [1.82, 2.24) is 4.31 Å². The molecule has 1 aliphatic heterocycles. The monoisotopic (exact) mass is 769 g/mol. The minimum absolute atomic E-state index is 0.169. The summed E-state index contributed by atoms with van der Waals surface area (Å²) in [5.41, 5.74) is -1.33. The highest BCUT2D eigenvalue weighted by molar-refractivity contribution is 8.13. The Morgan fingerprint density at radius 1 is 1.06 bits per heavy atom. The molecule has 1 heterocycles. The molecule has 278 valence electrons. The largest absolute Gasteiger partial charge is 0.495 e. The summed E-state index contributed by atoms with van der Waals surface area (Å²) in [6.45, 7) is 7.20. The normalized spacial score (nSPS) is 15.7. The van der Waals surface area contributed by atoms with Crippen molar-refractivity contribution in [2.24, 2.45) is 4.99 Å². The van der Waals surface area contributed by atoms with Crippen molar-refractivity contribution >= 4 is 50.2 Å². The van der Waals surface area contributed by atoms with E-state index in [4.69, 9.17) is 21.3 Å². The zero-order valence-electron chi connectivity index (χ0n) is 30.0. The van der Waals surface area contributed by atoms with Crippen molar-refractivity contribution in [3.05, 3.63) is 88.2 Å². The van der Waals surface area contributed by atoms with Crippen molar-refractivity contribution < 1.29 is 40.7 Å². The molecule has 51 heavy (non-hydrogen) atoms. The predicted molar refractivity (Wildman–Crippen MR) is 197 cm³/mol. The maximum absolute atomic E-state index is 15.7. The van der Waals surface area contributed by atoms with Crippen LogP contribution < -0.4 is 9.64 Å². The molecule has 1 unspecified atom stereocenters. The van der Waals surface area contributed by atoms with Crippen LogP contribution in [0.2, 0.25) is 5.02 Å². The van der Waals surface area contributed by atoms with Gasteiger partial charge in [-0.05, 0) is 67.9 Å². The molecule has 3 aromatic rings. The van der Waals surface area contributed by atoms with Crippen LogP contribution in [-0.2, 0) is 26.0 Å². The number of anilines is 1. The SMILES string of the molecule is COc1cc(C(C)(C)C2CN=C(SCc3c(F)cc(S(=O)(=O)N(CCC[N+](C)(C)C)C(C)(C)C(=O)O)cc3F)N2c2ccc(F)cc2)ccc1Cl. The number of aliphatic carboxylic acids is 1. The fraction of sp³-hybridized carbons (Fsp3) is 0.444. The second kappa shape index (κ2) is 15.4. The molecule has 0 saturated heterocycles. The lowest BCUT2D eigenvalue weighted by atomic mass is 9.77. The number of ether oxygens (including phenoxy) is 1. The quantitative estimate of drug-likeness (QED) is 0.174. The lowest BCUT2D eigenvalue weighted by Crippen LogP contribution is -2.53. The van der Waals surface area contributed by atoms with Crippen LogP contribution in [0.1, 0.15) is 45.2 Å². The van der Waals surface area contributed by atoms with Crippen molar-refractivity contribution in [3.63, 3.8) is 0 Å². The number of methoxy groups -OCH3 is 1. The van der Waals surface area contributed by atoms with Gasteiger partial charge >= 0.3 is 5.97 Å². The molecule has 3 aromatic carbocycles. The van der Waals surface area contributed by atoms with E-state index in [0.29, 0.717) is 45.6 Å². The highest BCUT2D eigenvalue weighted by Gasteiger charge is 2.44. The molecular formula is C36H45ClF3N4O5S2+. The Kier molecular flexibility index (Phi) is 12.2. The first-order valence-corrected chi connectivity index (χ1v) is 19.0. The third-order valence-electron chi connectivity index (χ3n) is 9.14. The van der Waals surface area contributed by atoms with Gasteiger partial charge in [-0.15, -0.1) is 0 Å². The Balaban J connectivity index is 1.64. The van der Waals surface area contributed by atoms with Crippen LogP contribution in [0.5, 0.6) is 5.75 Å². The van der Waals surface area contributed by atoms with Crippen LogP contribution in [0.3, 0.4) is 0 Å². The first-order chi connectivity index (χ1) is 23.6. The van der Waals surface area contributed by atoms with Crippen LogP contribution in [0.4, 0.5) is 18.9 Å². The van der Waals surface area contributed by atoms with Gasteiger partial charge in [0, 0.05) is 35.4 Å². The van der Waals surface area contributed by atoms with Gasteiger partial charge in [-0.3, -0.25) is 9.79 Å². The van der Waals surface area contributed by atoms with Gasteiger partial charge in [0.05, 0.1) is 57.3 Å². The van der Waals surface area contributed by atoms with Gasteiger partial charge in [0.1, 0.15) is 28.7 Å². The zero-order valence-corrected chi connectivity index (χ0v) is 32.4. The lowest BCUT2D eigenvalue weighted by molar-refractivity contribution is -0.870. The van der Waals surface area contributed by atoms with Crippen LogP contribution in [0.25, 0.3) is 0 Å². The highest BCUT2D eigenvalue weighted by atomic mass is 35.5. The molecule has 1 atom stereocenters. The van der Waals surface area contributed by atoms with E-state index in [9.17, 15) is 22.7 Å². The average molecular weight is 770 g/mol. The number of carboxylic acid groups (broad SMARTS) is 1. The van der Waals surface area contributed by atoms with Crippen molar-refractivity contribution in [1.29, 1.82) is 0 Å². The minimum Gasteiger partial charge on any atom is -0.495 e. The summed E-state index contributed by atoms with van der Waals surface area (Å²) in [6, 6.07) is 12.5. The van der Waals surface area contributed by atoms with Crippen LogP contribution >= 0.6 is 23.4 Å². The van der Waals surface area contributed by atoms with Crippen LogP contribution in [0.15, 0.2) is 64.5 Å². The van der Waals surface area contributed by atoms with Gasteiger partial charge in [-0.1, -0.05) is 43.3 Å². The van der Waals surface area contributed by atoms with Crippen molar-refractivity contribution in [2.45, 2.75) is 61.8 Å². The van der Waals surface area contributed by atoms with Gasteiger partial charge in [-0.25, -0.2) is 21.6 Å². The van der Waals surface area contributed by atoms with Gasteiger partial charge in [0.25, 0.3) is 0 Å². The maximum Gasteiger partial charge on any atom is 0.324 e.